The van der Waals surface area contributed by atoms with Crippen molar-refractivity contribution in [2.24, 2.45) is 5.73 Å². The predicted octanol–water partition coefficient (Wildman–Crippen LogP) is 0.433. The monoisotopic (exact) mass is 264 g/mol. The molecule has 1 aliphatic heterocycles. The Hall–Kier alpha value is -1.17. The number of piperazine rings is 1. The average molecular weight is 264 g/mol. The van der Waals surface area contributed by atoms with Gasteiger partial charge in [-0.15, -0.1) is 0 Å². The fourth-order valence-corrected chi connectivity index (χ4v) is 2.44. The van der Waals surface area contributed by atoms with Crippen molar-refractivity contribution in [2.75, 3.05) is 37.6 Å². The van der Waals surface area contributed by atoms with Crippen LogP contribution in [0.4, 0.5) is 5.82 Å². The van der Waals surface area contributed by atoms with Crippen LogP contribution in [0.1, 0.15) is 19.5 Å². The third-order valence-electron chi connectivity index (χ3n) is 3.31. The Morgan fingerprint density at radius 2 is 1.95 bits per heavy atom. The molecule has 1 aliphatic rings. The summed E-state index contributed by atoms with van der Waals surface area (Å²) in [6, 6.07) is 5.99. The zero-order valence-corrected chi connectivity index (χ0v) is 11.8. The van der Waals surface area contributed by atoms with E-state index in [1.165, 1.54) is 0 Å². The quantitative estimate of drug-likeness (QED) is 0.826. The van der Waals surface area contributed by atoms with E-state index in [-0.39, 0.29) is 0 Å². The Balaban J connectivity index is 1.92. The van der Waals surface area contributed by atoms with Gasteiger partial charge in [0.25, 0.3) is 0 Å². The van der Waals surface area contributed by atoms with Crippen LogP contribution in [0.15, 0.2) is 18.2 Å². The van der Waals surface area contributed by atoms with Gasteiger partial charge in [0.05, 0.1) is 11.3 Å². The molecule has 0 amide bonds. The highest BCUT2D eigenvalue weighted by molar-refractivity contribution is 5.39. The molecule has 1 fully saturated rings. The van der Waals surface area contributed by atoms with E-state index < -0.39 is 5.60 Å². The van der Waals surface area contributed by atoms with Crippen molar-refractivity contribution in [1.29, 1.82) is 0 Å². The minimum Gasteiger partial charge on any atom is -0.389 e. The van der Waals surface area contributed by atoms with E-state index in [9.17, 15) is 5.11 Å². The Bertz CT molecular complexity index is 408. The molecule has 0 unspecified atom stereocenters. The fourth-order valence-electron chi connectivity index (χ4n) is 2.44. The molecule has 0 spiro atoms. The maximum atomic E-state index is 9.84. The summed E-state index contributed by atoms with van der Waals surface area (Å²) in [5, 5.41) is 9.84. The third kappa shape index (κ3) is 4.16. The summed E-state index contributed by atoms with van der Waals surface area (Å²) in [5.74, 6) is 1.01. The molecule has 1 aromatic heterocycles. The summed E-state index contributed by atoms with van der Waals surface area (Å²) in [6.45, 7) is 8.70. The number of hydrogen-bond donors (Lipinski definition) is 2. The first-order valence-electron chi connectivity index (χ1n) is 6.83. The van der Waals surface area contributed by atoms with Crippen molar-refractivity contribution in [3.05, 3.63) is 23.9 Å². The fraction of sp³-hybridized carbons (Fsp3) is 0.643. The highest BCUT2D eigenvalue weighted by Gasteiger charge is 2.23. The summed E-state index contributed by atoms with van der Waals surface area (Å²) < 4.78 is 0. The Labute approximate surface area is 115 Å². The SMILES string of the molecule is CC(C)(O)CN1CCN(c2cccc(CN)n2)CC1. The molecule has 3 N–H and O–H groups in total. The number of rotatable bonds is 4. The van der Waals surface area contributed by atoms with Crippen LogP contribution in [0.5, 0.6) is 0 Å². The number of β-amino-alcohol motifs (C(OH)–C–C–N with tert-alkyl or cyclic N) is 1. The van der Waals surface area contributed by atoms with Crippen molar-refractivity contribution < 1.29 is 5.11 Å². The van der Waals surface area contributed by atoms with Gasteiger partial charge >= 0.3 is 0 Å². The zero-order chi connectivity index (χ0) is 13.9. The number of aliphatic hydroxyl groups is 1. The van der Waals surface area contributed by atoms with Gasteiger partial charge in [0.1, 0.15) is 5.82 Å². The van der Waals surface area contributed by atoms with E-state index in [2.05, 4.69) is 14.8 Å². The van der Waals surface area contributed by atoms with Crippen molar-refractivity contribution in [3.63, 3.8) is 0 Å². The Morgan fingerprint density at radius 1 is 1.26 bits per heavy atom. The molecule has 0 radical (unpaired) electrons. The van der Waals surface area contributed by atoms with Gasteiger partial charge in [-0.3, -0.25) is 4.90 Å². The van der Waals surface area contributed by atoms with Crippen LogP contribution in [-0.2, 0) is 6.54 Å². The molecule has 106 valence electrons. The van der Waals surface area contributed by atoms with E-state index in [0.717, 1.165) is 44.2 Å². The van der Waals surface area contributed by atoms with Crippen molar-refractivity contribution >= 4 is 5.82 Å². The minimum atomic E-state index is -0.625. The topological polar surface area (TPSA) is 65.6 Å². The lowest BCUT2D eigenvalue weighted by atomic mass is 10.1. The second-order valence-corrected chi connectivity index (χ2v) is 5.77. The van der Waals surface area contributed by atoms with E-state index in [1.807, 2.05) is 32.0 Å². The van der Waals surface area contributed by atoms with E-state index in [0.29, 0.717) is 6.54 Å². The van der Waals surface area contributed by atoms with Gasteiger partial charge in [0.2, 0.25) is 0 Å². The van der Waals surface area contributed by atoms with E-state index in [4.69, 9.17) is 5.73 Å². The van der Waals surface area contributed by atoms with Crippen LogP contribution >= 0.6 is 0 Å². The maximum Gasteiger partial charge on any atom is 0.128 e. The zero-order valence-electron chi connectivity index (χ0n) is 11.8. The van der Waals surface area contributed by atoms with Crippen molar-refractivity contribution in [1.82, 2.24) is 9.88 Å². The van der Waals surface area contributed by atoms with Crippen LogP contribution in [0.2, 0.25) is 0 Å². The Kier molecular flexibility index (Phi) is 4.39. The summed E-state index contributed by atoms with van der Waals surface area (Å²) in [7, 11) is 0. The molecular weight excluding hydrogens is 240 g/mol. The van der Waals surface area contributed by atoms with Gasteiger partial charge in [-0.05, 0) is 26.0 Å². The summed E-state index contributed by atoms with van der Waals surface area (Å²) in [6.07, 6.45) is 0. The third-order valence-corrected chi connectivity index (χ3v) is 3.31. The number of aromatic nitrogens is 1. The second-order valence-electron chi connectivity index (χ2n) is 5.77. The summed E-state index contributed by atoms with van der Waals surface area (Å²) in [4.78, 5) is 9.12. The highest BCUT2D eigenvalue weighted by atomic mass is 16.3. The van der Waals surface area contributed by atoms with Crippen molar-refractivity contribution in [2.45, 2.75) is 26.0 Å². The number of nitrogens with zero attached hydrogens (tertiary/aromatic N) is 3. The number of nitrogens with two attached hydrogens (primary N) is 1. The van der Waals surface area contributed by atoms with Crippen LogP contribution in [-0.4, -0.2) is 53.3 Å². The standard InChI is InChI=1S/C14H24N4O/c1-14(2,19)11-17-6-8-18(9-7-17)13-5-3-4-12(10-15)16-13/h3-5,19H,6-11,15H2,1-2H3. The normalized spacial score (nSPS) is 17.8. The molecular formula is C14H24N4O. The van der Waals surface area contributed by atoms with Gasteiger partial charge in [0.15, 0.2) is 0 Å². The number of hydrogen-bond acceptors (Lipinski definition) is 5. The van der Waals surface area contributed by atoms with Crippen LogP contribution in [0.3, 0.4) is 0 Å². The molecule has 1 aromatic rings. The predicted molar refractivity (Wildman–Crippen MR) is 77.1 cm³/mol. The molecule has 2 heterocycles. The van der Waals surface area contributed by atoms with Gasteiger partial charge in [0, 0.05) is 39.3 Å². The molecule has 2 rings (SSSR count). The molecule has 0 bridgehead atoms. The lowest BCUT2D eigenvalue weighted by molar-refractivity contribution is 0.0344. The van der Waals surface area contributed by atoms with Crippen LogP contribution in [0.25, 0.3) is 0 Å². The van der Waals surface area contributed by atoms with Gasteiger partial charge < -0.3 is 15.7 Å². The van der Waals surface area contributed by atoms with Gasteiger partial charge in [-0.25, -0.2) is 4.98 Å². The van der Waals surface area contributed by atoms with Gasteiger partial charge in [-0.2, -0.15) is 0 Å². The smallest absolute Gasteiger partial charge is 0.128 e. The summed E-state index contributed by atoms with van der Waals surface area (Å²) >= 11 is 0. The molecule has 5 nitrogen and oxygen atoms in total. The van der Waals surface area contributed by atoms with Crippen LogP contribution in [0, 0.1) is 0 Å². The molecule has 0 saturated carbocycles. The van der Waals surface area contributed by atoms with E-state index in [1.54, 1.807) is 0 Å². The van der Waals surface area contributed by atoms with Crippen LogP contribution < -0.4 is 10.6 Å². The lowest BCUT2D eigenvalue weighted by Gasteiger charge is -2.37. The maximum absolute atomic E-state index is 9.84. The molecule has 19 heavy (non-hydrogen) atoms. The molecule has 0 aliphatic carbocycles. The first-order valence-corrected chi connectivity index (χ1v) is 6.83. The molecule has 1 saturated heterocycles. The van der Waals surface area contributed by atoms with Crippen molar-refractivity contribution in [3.8, 4) is 0 Å². The van der Waals surface area contributed by atoms with E-state index >= 15 is 0 Å². The largest absolute Gasteiger partial charge is 0.389 e. The molecule has 5 heteroatoms. The molecule has 0 atom stereocenters. The van der Waals surface area contributed by atoms with Gasteiger partial charge in [-0.1, -0.05) is 6.07 Å². The first-order chi connectivity index (χ1) is 8.98. The average Bonchev–Trinajstić information content (AvgIpc) is 2.38. The summed E-state index contributed by atoms with van der Waals surface area (Å²) in [5.41, 5.74) is 5.92. The second kappa shape index (κ2) is 5.86. The highest BCUT2D eigenvalue weighted by Crippen LogP contribution is 2.15. The lowest BCUT2D eigenvalue weighted by Crippen LogP contribution is -2.50. The number of pyridine rings is 1. The Morgan fingerprint density at radius 3 is 2.53 bits per heavy atom. The minimum absolute atomic E-state index is 0.479. The first kappa shape index (κ1) is 14.2. The molecule has 0 aromatic carbocycles. The number of anilines is 1.